The third-order valence-electron chi connectivity index (χ3n) is 5.65. The molecule has 166 valence electrons. The summed E-state index contributed by atoms with van der Waals surface area (Å²) in [5.74, 6) is -1.68. The second-order valence-electron chi connectivity index (χ2n) is 7.52. The zero-order chi connectivity index (χ0) is 23.0. The van der Waals surface area contributed by atoms with Crippen molar-refractivity contribution in [3.8, 4) is 0 Å². The van der Waals surface area contributed by atoms with Crippen molar-refractivity contribution >= 4 is 16.6 Å². The van der Waals surface area contributed by atoms with Crippen LogP contribution >= 0.6 is 0 Å². The second-order valence-corrected chi connectivity index (χ2v) is 7.52. The molecule has 0 amide bonds. The van der Waals surface area contributed by atoms with E-state index >= 15 is 0 Å². The van der Waals surface area contributed by atoms with Crippen LogP contribution in [0.25, 0.3) is 10.9 Å². The monoisotopic (exact) mass is 442 g/mol. The van der Waals surface area contributed by atoms with E-state index in [1.54, 1.807) is 6.92 Å². The fourth-order valence-electron chi connectivity index (χ4n) is 3.98. The Hall–Kier alpha value is -3.73. The van der Waals surface area contributed by atoms with Gasteiger partial charge in [-0.15, -0.1) is 0 Å². The summed E-state index contributed by atoms with van der Waals surface area (Å²) in [6.45, 7) is 3.32. The van der Waals surface area contributed by atoms with Crippen LogP contribution in [0.1, 0.15) is 31.1 Å². The van der Waals surface area contributed by atoms with Crippen molar-refractivity contribution in [1.82, 2.24) is 24.5 Å². The van der Waals surface area contributed by atoms with Gasteiger partial charge in [0.2, 0.25) is 0 Å². The van der Waals surface area contributed by atoms with Crippen LogP contribution in [0.4, 0.5) is 14.5 Å². The molecule has 0 unspecified atom stereocenters. The number of aliphatic hydroxyl groups is 1. The second kappa shape index (κ2) is 8.08. The van der Waals surface area contributed by atoms with Crippen LogP contribution in [0, 0.1) is 21.7 Å². The highest BCUT2D eigenvalue weighted by Crippen LogP contribution is 2.38. The Bertz CT molecular complexity index is 1290. The smallest absolute Gasteiger partial charge is 0.270 e. The van der Waals surface area contributed by atoms with Crippen molar-refractivity contribution in [2.75, 3.05) is 0 Å². The van der Waals surface area contributed by atoms with E-state index < -0.39 is 28.2 Å². The Morgan fingerprint density at radius 2 is 2.03 bits per heavy atom. The van der Waals surface area contributed by atoms with Crippen molar-refractivity contribution < 1.29 is 18.8 Å². The number of benzene rings is 2. The number of non-ortho nitro benzene ring substituents is 1. The van der Waals surface area contributed by atoms with Gasteiger partial charge in [-0.25, -0.2) is 18.4 Å². The molecule has 0 fully saturated rings. The third-order valence-corrected chi connectivity index (χ3v) is 5.65. The van der Waals surface area contributed by atoms with Crippen molar-refractivity contribution in [3.63, 3.8) is 0 Å². The summed E-state index contributed by atoms with van der Waals surface area (Å²) in [5.41, 5.74) is -0.974. The molecule has 2 aromatic carbocycles. The van der Waals surface area contributed by atoms with Crippen molar-refractivity contribution in [2.24, 2.45) is 0 Å². The molecule has 9 nitrogen and oxygen atoms in total. The first kappa shape index (κ1) is 21.5. The van der Waals surface area contributed by atoms with Crippen molar-refractivity contribution in [1.29, 1.82) is 0 Å². The number of hydrogen-bond acceptors (Lipinski definition) is 6. The topological polar surface area (TPSA) is 112 Å². The number of rotatable bonds is 7. The average Bonchev–Trinajstić information content (AvgIpc) is 3.39. The minimum atomic E-state index is -1.90. The van der Waals surface area contributed by atoms with Gasteiger partial charge in [-0.05, 0) is 25.5 Å². The first-order valence-electron chi connectivity index (χ1n) is 9.90. The van der Waals surface area contributed by atoms with Gasteiger partial charge < -0.3 is 5.11 Å². The Kier molecular flexibility index (Phi) is 5.43. The molecule has 0 radical (unpaired) electrons. The summed E-state index contributed by atoms with van der Waals surface area (Å²) in [6.07, 6.45) is 3.11. The lowest BCUT2D eigenvalue weighted by atomic mass is 9.86. The Labute approximate surface area is 181 Å². The van der Waals surface area contributed by atoms with E-state index in [0.717, 1.165) is 6.07 Å². The summed E-state index contributed by atoms with van der Waals surface area (Å²) in [4.78, 5) is 14.6. The molecule has 0 aliphatic rings. The van der Waals surface area contributed by atoms with E-state index in [1.165, 1.54) is 46.3 Å². The largest absolute Gasteiger partial charge is 0.381 e. The number of nitrogens with zero attached hydrogens (tertiary/aromatic N) is 6. The molecule has 4 aromatic rings. The molecule has 0 spiro atoms. The van der Waals surface area contributed by atoms with Gasteiger partial charge in [0.1, 0.15) is 29.9 Å². The number of aryl methyl sites for hydroxylation is 1. The average molecular weight is 442 g/mol. The number of nitro benzene ring substituents is 1. The predicted molar refractivity (Wildman–Crippen MR) is 111 cm³/mol. The zero-order valence-corrected chi connectivity index (χ0v) is 17.3. The van der Waals surface area contributed by atoms with Gasteiger partial charge in [-0.1, -0.05) is 13.0 Å². The molecule has 0 aliphatic heterocycles. The molecule has 0 bridgehead atoms. The standard InChI is InChI=1S/C21H20F2N6O3/c1-3-20-16-9-15(29(31)32)5-7-19(16)26-28(20)13(2)21(30,10-27-12-24-11-25-27)17-6-4-14(22)8-18(17)23/h4-9,11-13,30H,3,10H2,1-2H3/t13-,21-/m1/s1. The van der Waals surface area contributed by atoms with Gasteiger partial charge in [-0.3, -0.25) is 14.8 Å². The summed E-state index contributed by atoms with van der Waals surface area (Å²) in [5, 5.41) is 32.2. The maximum absolute atomic E-state index is 14.8. The maximum atomic E-state index is 14.8. The van der Waals surface area contributed by atoms with Crippen molar-refractivity contribution in [2.45, 2.75) is 38.5 Å². The molecule has 11 heteroatoms. The van der Waals surface area contributed by atoms with Crippen LogP contribution in [0.5, 0.6) is 0 Å². The third kappa shape index (κ3) is 3.60. The SMILES string of the molecule is CCc1c2cc([N+](=O)[O-])ccc2nn1[C@H](C)[C@](O)(Cn1cncn1)c1ccc(F)cc1F. The highest BCUT2D eigenvalue weighted by molar-refractivity contribution is 5.84. The molecule has 0 saturated heterocycles. The number of halogens is 2. The molecular formula is C21H20F2N6O3. The van der Waals surface area contributed by atoms with Crippen LogP contribution in [-0.2, 0) is 18.6 Å². The number of nitro groups is 1. The number of aromatic nitrogens is 5. The van der Waals surface area contributed by atoms with Crippen LogP contribution in [-0.4, -0.2) is 34.6 Å². The van der Waals surface area contributed by atoms with Gasteiger partial charge >= 0.3 is 0 Å². The minimum absolute atomic E-state index is 0.0816. The lowest BCUT2D eigenvalue weighted by Gasteiger charge is -2.35. The molecular weight excluding hydrogens is 422 g/mol. The zero-order valence-electron chi connectivity index (χ0n) is 17.3. The van der Waals surface area contributed by atoms with E-state index in [0.29, 0.717) is 29.1 Å². The first-order valence-corrected chi connectivity index (χ1v) is 9.90. The molecule has 2 heterocycles. The van der Waals surface area contributed by atoms with E-state index in [4.69, 9.17) is 0 Å². The molecule has 1 N–H and O–H groups in total. The van der Waals surface area contributed by atoms with Gasteiger partial charge in [0, 0.05) is 34.8 Å². The highest BCUT2D eigenvalue weighted by Gasteiger charge is 2.41. The molecule has 0 saturated carbocycles. The quantitative estimate of drug-likeness (QED) is 0.346. The Morgan fingerprint density at radius 3 is 2.66 bits per heavy atom. The van der Waals surface area contributed by atoms with E-state index in [9.17, 15) is 24.0 Å². The normalized spacial score (nSPS) is 14.4. The van der Waals surface area contributed by atoms with Crippen LogP contribution in [0.15, 0.2) is 49.1 Å². The minimum Gasteiger partial charge on any atom is -0.381 e. The predicted octanol–water partition coefficient (Wildman–Crippen LogP) is 3.53. The van der Waals surface area contributed by atoms with Gasteiger partial charge in [0.25, 0.3) is 5.69 Å². The fourth-order valence-corrected chi connectivity index (χ4v) is 3.98. The lowest BCUT2D eigenvalue weighted by molar-refractivity contribution is -0.384. The van der Waals surface area contributed by atoms with Gasteiger partial charge in [-0.2, -0.15) is 10.2 Å². The number of hydrogen-bond donors (Lipinski definition) is 1. The van der Waals surface area contributed by atoms with Gasteiger partial charge in [0.05, 0.1) is 23.0 Å². The molecule has 32 heavy (non-hydrogen) atoms. The van der Waals surface area contributed by atoms with E-state index in [2.05, 4.69) is 15.2 Å². The summed E-state index contributed by atoms with van der Waals surface area (Å²) in [6, 6.07) is 6.43. The van der Waals surface area contributed by atoms with Crippen LogP contribution in [0.2, 0.25) is 0 Å². The summed E-state index contributed by atoms with van der Waals surface area (Å²) >= 11 is 0. The molecule has 2 aromatic heterocycles. The summed E-state index contributed by atoms with van der Waals surface area (Å²) in [7, 11) is 0. The first-order chi connectivity index (χ1) is 15.2. The molecule has 0 aliphatic carbocycles. The van der Waals surface area contributed by atoms with Gasteiger partial charge in [0.15, 0.2) is 0 Å². The highest BCUT2D eigenvalue weighted by atomic mass is 19.1. The van der Waals surface area contributed by atoms with E-state index in [1.807, 2.05) is 6.92 Å². The van der Waals surface area contributed by atoms with Crippen LogP contribution in [0.3, 0.4) is 0 Å². The summed E-state index contributed by atoms with van der Waals surface area (Å²) < 4.78 is 31.3. The fraction of sp³-hybridized carbons (Fsp3) is 0.286. The van der Waals surface area contributed by atoms with Crippen molar-refractivity contribution in [3.05, 3.63) is 82.1 Å². The molecule has 4 rings (SSSR count). The number of fused-ring (bicyclic) bond motifs is 1. The Morgan fingerprint density at radius 1 is 1.25 bits per heavy atom. The maximum Gasteiger partial charge on any atom is 0.270 e. The van der Waals surface area contributed by atoms with Crippen LogP contribution < -0.4 is 0 Å². The molecule has 2 atom stereocenters. The lowest BCUT2D eigenvalue weighted by Crippen LogP contribution is -2.41. The Balaban J connectivity index is 1.90. The van der Waals surface area contributed by atoms with E-state index in [-0.39, 0.29) is 17.8 Å².